The second-order valence-electron chi connectivity index (χ2n) is 3.17. The van der Waals surface area contributed by atoms with Gasteiger partial charge in [0.25, 0.3) is 0 Å². The summed E-state index contributed by atoms with van der Waals surface area (Å²) in [6.07, 6.45) is 0. The number of rotatable bonds is 4. The minimum atomic E-state index is -0.660. The SMILES string of the molecule is CCOC(=O)c1c(OCC)[nH]c(C)cc1=O. The number of carbonyl (C=O) groups is 1. The van der Waals surface area contributed by atoms with Crippen LogP contribution in [0.4, 0.5) is 0 Å². The Balaban J connectivity index is 3.23. The number of esters is 1. The van der Waals surface area contributed by atoms with Gasteiger partial charge in [-0.25, -0.2) is 4.79 Å². The van der Waals surface area contributed by atoms with Crippen molar-refractivity contribution in [2.24, 2.45) is 0 Å². The third kappa shape index (κ3) is 2.62. The van der Waals surface area contributed by atoms with Gasteiger partial charge in [-0.1, -0.05) is 0 Å². The van der Waals surface area contributed by atoms with E-state index in [1.807, 2.05) is 0 Å². The number of aromatic amines is 1. The number of aromatic nitrogens is 1. The average molecular weight is 225 g/mol. The van der Waals surface area contributed by atoms with Crippen molar-refractivity contribution >= 4 is 5.97 Å². The Morgan fingerprint density at radius 2 is 2.06 bits per heavy atom. The molecule has 0 radical (unpaired) electrons. The third-order valence-electron chi connectivity index (χ3n) is 1.90. The Morgan fingerprint density at radius 3 is 2.62 bits per heavy atom. The second kappa shape index (κ2) is 5.34. The highest BCUT2D eigenvalue weighted by Crippen LogP contribution is 2.13. The molecule has 1 aromatic rings. The van der Waals surface area contributed by atoms with Crippen molar-refractivity contribution in [1.29, 1.82) is 0 Å². The first-order valence-corrected chi connectivity index (χ1v) is 5.14. The molecule has 0 atom stereocenters. The first-order chi connectivity index (χ1) is 7.60. The van der Waals surface area contributed by atoms with Gasteiger partial charge in [-0.05, 0) is 20.8 Å². The van der Waals surface area contributed by atoms with Gasteiger partial charge in [-0.15, -0.1) is 0 Å². The number of pyridine rings is 1. The molecular weight excluding hydrogens is 210 g/mol. The van der Waals surface area contributed by atoms with Gasteiger partial charge in [0, 0.05) is 11.8 Å². The molecule has 88 valence electrons. The first kappa shape index (κ1) is 12.3. The van der Waals surface area contributed by atoms with Crippen molar-refractivity contribution in [3.63, 3.8) is 0 Å². The Labute approximate surface area is 93.4 Å². The predicted octanol–water partition coefficient (Wildman–Crippen LogP) is 1.26. The molecule has 0 unspecified atom stereocenters. The van der Waals surface area contributed by atoms with Crippen LogP contribution in [0.2, 0.25) is 0 Å². The fourth-order valence-electron chi connectivity index (χ4n) is 1.31. The number of aryl methyl sites for hydroxylation is 1. The maximum Gasteiger partial charge on any atom is 0.347 e. The lowest BCUT2D eigenvalue weighted by molar-refractivity contribution is 0.0519. The van der Waals surface area contributed by atoms with Crippen LogP contribution in [-0.4, -0.2) is 24.2 Å². The van der Waals surface area contributed by atoms with E-state index in [1.54, 1.807) is 20.8 Å². The zero-order valence-electron chi connectivity index (χ0n) is 9.62. The van der Waals surface area contributed by atoms with Crippen molar-refractivity contribution in [3.8, 4) is 5.88 Å². The Hall–Kier alpha value is -1.78. The number of ether oxygens (including phenoxy) is 2. The summed E-state index contributed by atoms with van der Waals surface area (Å²) in [7, 11) is 0. The minimum absolute atomic E-state index is 0.0747. The molecule has 16 heavy (non-hydrogen) atoms. The molecule has 5 heteroatoms. The number of nitrogens with one attached hydrogen (secondary N) is 1. The topological polar surface area (TPSA) is 68.4 Å². The molecule has 0 fully saturated rings. The van der Waals surface area contributed by atoms with Gasteiger partial charge in [-0.3, -0.25) is 4.79 Å². The molecule has 1 aromatic heterocycles. The minimum Gasteiger partial charge on any atom is -0.479 e. The van der Waals surface area contributed by atoms with Gasteiger partial charge in [0.15, 0.2) is 11.0 Å². The van der Waals surface area contributed by atoms with Crippen LogP contribution < -0.4 is 10.2 Å². The molecule has 0 aliphatic carbocycles. The fraction of sp³-hybridized carbons (Fsp3) is 0.455. The lowest BCUT2D eigenvalue weighted by atomic mass is 10.2. The van der Waals surface area contributed by atoms with Crippen LogP contribution in [-0.2, 0) is 4.74 Å². The van der Waals surface area contributed by atoms with Crippen molar-refractivity contribution < 1.29 is 14.3 Å². The highest BCUT2D eigenvalue weighted by Gasteiger charge is 2.18. The molecule has 0 aliphatic rings. The normalized spacial score (nSPS) is 9.94. The average Bonchev–Trinajstić information content (AvgIpc) is 2.17. The molecule has 1 N–H and O–H groups in total. The van der Waals surface area contributed by atoms with E-state index in [2.05, 4.69) is 4.98 Å². The summed E-state index contributed by atoms with van der Waals surface area (Å²) < 4.78 is 10.0. The summed E-state index contributed by atoms with van der Waals surface area (Å²) in [5.41, 5.74) is 0.175. The number of hydrogen-bond acceptors (Lipinski definition) is 4. The summed E-state index contributed by atoms with van der Waals surface area (Å²) in [6, 6.07) is 1.34. The maximum absolute atomic E-state index is 11.7. The van der Waals surface area contributed by atoms with Crippen molar-refractivity contribution in [3.05, 3.63) is 27.5 Å². The zero-order chi connectivity index (χ0) is 12.1. The van der Waals surface area contributed by atoms with Crippen LogP contribution in [0.5, 0.6) is 5.88 Å². The van der Waals surface area contributed by atoms with Crippen molar-refractivity contribution in [2.45, 2.75) is 20.8 Å². The Kier molecular flexibility index (Phi) is 4.10. The zero-order valence-corrected chi connectivity index (χ0v) is 9.62. The van der Waals surface area contributed by atoms with Crippen LogP contribution in [0, 0.1) is 6.92 Å². The molecule has 5 nitrogen and oxygen atoms in total. The molecule has 1 heterocycles. The third-order valence-corrected chi connectivity index (χ3v) is 1.90. The molecule has 0 aromatic carbocycles. The van der Waals surface area contributed by atoms with Crippen LogP contribution in [0.15, 0.2) is 10.9 Å². The smallest absolute Gasteiger partial charge is 0.347 e. The van der Waals surface area contributed by atoms with Crippen molar-refractivity contribution in [1.82, 2.24) is 4.98 Å². The quantitative estimate of drug-likeness (QED) is 0.783. The van der Waals surface area contributed by atoms with Gasteiger partial charge in [0.2, 0.25) is 5.88 Å². The predicted molar refractivity (Wildman–Crippen MR) is 58.9 cm³/mol. The summed E-state index contributed by atoms with van der Waals surface area (Å²) in [5, 5.41) is 0. The Morgan fingerprint density at radius 1 is 1.38 bits per heavy atom. The van der Waals surface area contributed by atoms with Gasteiger partial charge < -0.3 is 14.5 Å². The molecule has 1 rings (SSSR count). The molecular formula is C11H15NO4. The highest BCUT2D eigenvalue weighted by molar-refractivity contribution is 5.91. The molecule has 0 amide bonds. The fourth-order valence-corrected chi connectivity index (χ4v) is 1.31. The standard InChI is InChI=1S/C11H15NO4/c1-4-15-10-9(11(14)16-5-2)8(13)6-7(3)12-10/h6H,4-5H2,1-3H3,(H,12,13). The molecule has 0 bridgehead atoms. The molecule has 0 spiro atoms. The van der Waals surface area contributed by atoms with E-state index in [1.165, 1.54) is 6.07 Å². The van der Waals surface area contributed by atoms with Crippen molar-refractivity contribution in [2.75, 3.05) is 13.2 Å². The van der Waals surface area contributed by atoms with E-state index < -0.39 is 11.4 Å². The molecule has 0 saturated carbocycles. The van der Waals surface area contributed by atoms with E-state index in [0.29, 0.717) is 12.3 Å². The molecule has 0 saturated heterocycles. The van der Waals surface area contributed by atoms with Gasteiger partial charge in [0.1, 0.15) is 0 Å². The number of hydrogen-bond donors (Lipinski definition) is 1. The largest absolute Gasteiger partial charge is 0.479 e. The lowest BCUT2D eigenvalue weighted by Crippen LogP contribution is -2.20. The van der Waals surface area contributed by atoms with E-state index in [9.17, 15) is 9.59 Å². The van der Waals surface area contributed by atoms with E-state index in [4.69, 9.17) is 9.47 Å². The molecule has 0 aliphatic heterocycles. The monoisotopic (exact) mass is 225 g/mol. The van der Waals surface area contributed by atoms with E-state index in [0.717, 1.165) is 0 Å². The second-order valence-corrected chi connectivity index (χ2v) is 3.17. The lowest BCUT2D eigenvalue weighted by Gasteiger charge is -2.09. The van der Waals surface area contributed by atoms with Gasteiger partial charge >= 0.3 is 5.97 Å². The first-order valence-electron chi connectivity index (χ1n) is 5.14. The maximum atomic E-state index is 11.7. The summed E-state index contributed by atoms with van der Waals surface area (Å²) in [6.45, 7) is 5.76. The van der Waals surface area contributed by atoms with Crippen LogP contribution in [0.3, 0.4) is 0 Å². The number of H-pyrrole nitrogens is 1. The van der Waals surface area contributed by atoms with E-state index in [-0.39, 0.29) is 18.1 Å². The number of carbonyl (C=O) groups excluding carboxylic acids is 1. The summed E-state index contributed by atoms with van der Waals surface area (Å²) in [4.78, 5) is 26.0. The van der Waals surface area contributed by atoms with Crippen LogP contribution >= 0.6 is 0 Å². The Bertz CT molecular complexity index is 436. The van der Waals surface area contributed by atoms with Gasteiger partial charge in [0.05, 0.1) is 13.2 Å². The van der Waals surface area contributed by atoms with Gasteiger partial charge in [-0.2, -0.15) is 0 Å². The summed E-state index contributed by atoms with van der Waals surface area (Å²) >= 11 is 0. The van der Waals surface area contributed by atoms with E-state index >= 15 is 0 Å². The summed E-state index contributed by atoms with van der Waals surface area (Å²) in [5.74, 6) is -0.488. The highest BCUT2D eigenvalue weighted by atomic mass is 16.5. The van der Waals surface area contributed by atoms with Crippen LogP contribution in [0.1, 0.15) is 29.9 Å². The van der Waals surface area contributed by atoms with Crippen LogP contribution in [0.25, 0.3) is 0 Å².